The molecule has 3 heteroatoms. The maximum absolute atomic E-state index is 13.4. The zero-order chi connectivity index (χ0) is 11.4. The highest BCUT2D eigenvalue weighted by atomic mass is 35.5. The van der Waals surface area contributed by atoms with Gasteiger partial charge in [-0.25, -0.2) is 4.39 Å². The predicted molar refractivity (Wildman–Crippen MR) is 64.1 cm³/mol. The number of anilines is 1. The van der Waals surface area contributed by atoms with Crippen LogP contribution in [-0.4, -0.2) is 13.6 Å². The third-order valence-electron chi connectivity index (χ3n) is 2.28. The second-order valence-corrected chi connectivity index (χ2v) is 4.41. The van der Waals surface area contributed by atoms with Crippen molar-refractivity contribution in [3.63, 3.8) is 0 Å². The van der Waals surface area contributed by atoms with E-state index in [-0.39, 0.29) is 11.7 Å². The number of hydrogen-bond donors (Lipinski definition) is 0. The Morgan fingerprint density at radius 2 is 2.07 bits per heavy atom. The lowest BCUT2D eigenvalue weighted by Crippen LogP contribution is -2.23. The zero-order valence-corrected chi connectivity index (χ0v) is 10.2. The number of halogens is 2. The molecule has 1 aromatic carbocycles. The van der Waals surface area contributed by atoms with Crippen molar-refractivity contribution in [1.29, 1.82) is 0 Å². The first-order chi connectivity index (χ1) is 7.06. The number of hydrogen-bond acceptors (Lipinski definition) is 1. The van der Waals surface area contributed by atoms with Crippen LogP contribution in [0.3, 0.4) is 0 Å². The summed E-state index contributed by atoms with van der Waals surface area (Å²) >= 11 is 5.75. The lowest BCUT2D eigenvalue weighted by Gasteiger charge is -2.24. The van der Waals surface area contributed by atoms with Crippen LogP contribution < -0.4 is 4.90 Å². The molecule has 0 atom stereocenters. The minimum Gasteiger partial charge on any atom is -0.374 e. The summed E-state index contributed by atoms with van der Waals surface area (Å²) in [4.78, 5) is 2.05. The third kappa shape index (κ3) is 3.10. The molecule has 0 saturated carbocycles. The monoisotopic (exact) mass is 229 g/mol. The van der Waals surface area contributed by atoms with Gasteiger partial charge in [0.25, 0.3) is 0 Å². The summed E-state index contributed by atoms with van der Waals surface area (Å²) in [6.07, 6.45) is 0. The number of nitrogens with zero attached hydrogens (tertiary/aromatic N) is 1. The molecule has 0 radical (unpaired) electrons. The van der Waals surface area contributed by atoms with E-state index in [1.807, 2.05) is 18.0 Å². The molecule has 15 heavy (non-hydrogen) atoms. The molecule has 1 aromatic rings. The van der Waals surface area contributed by atoms with Crippen LogP contribution in [0.15, 0.2) is 18.2 Å². The number of benzene rings is 1. The van der Waals surface area contributed by atoms with Gasteiger partial charge in [-0.1, -0.05) is 19.9 Å². The van der Waals surface area contributed by atoms with Crippen LogP contribution in [0.4, 0.5) is 10.1 Å². The van der Waals surface area contributed by atoms with Crippen LogP contribution in [0.5, 0.6) is 0 Å². The average Bonchev–Trinajstić information content (AvgIpc) is 2.16. The summed E-state index contributed by atoms with van der Waals surface area (Å²) in [5.74, 6) is 0.532. The molecular weight excluding hydrogens is 213 g/mol. The molecule has 0 amide bonds. The van der Waals surface area contributed by atoms with Gasteiger partial charge in [0.15, 0.2) is 0 Å². The van der Waals surface area contributed by atoms with Gasteiger partial charge >= 0.3 is 0 Å². The molecule has 84 valence electrons. The first-order valence-corrected chi connectivity index (χ1v) is 5.64. The highest BCUT2D eigenvalue weighted by Crippen LogP contribution is 2.24. The van der Waals surface area contributed by atoms with E-state index in [1.54, 1.807) is 6.07 Å². The lowest BCUT2D eigenvalue weighted by atomic mass is 10.1. The van der Waals surface area contributed by atoms with Crippen molar-refractivity contribution in [3.8, 4) is 0 Å². The van der Waals surface area contributed by atoms with Crippen LogP contribution >= 0.6 is 11.6 Å². The standard InChI is InChI=1S/C12H17ClFN/c1-9(2)8-15(3)12-6-4-5-11(14)10(12)7-13/h4-6,9H,7-8H2,1-3H3. The van der Waals surface area contributed by atoms with Crippen molar-refractivity contribution in [2.24, 2.45) is 5.92 Å². The topological polar surface area (TPSA) is 3.24 Å². The molecule has 0 fully saturated rings. The van der Waals surface area contributed by atoms with E-state index in [0.717, 1.165) is 12.2 Å². The Kier molecular flexibility index (Phi) is 4.40. The van der Waals surface area contributed by atoms with E-state index in [1.165, 1.54) is 6.07 Å². The van der Waals surface area contributed by atoms with E-state index in [0.29, 0.717) is 11.5 Å². The summed E-state index contributed by atoms with van der Waals surface area (Å²) in [6.45, 7) is 5.17. The normalized spacial score (nSPS) is 10.8. The molecule has 0 unspecified atom stereocenters. The van der Waals surface area contributed by atoms with Gasteiger partial charge in [0.2, 0.25) is 0 Å². The molecule has 0 aromatic heterocycles. The highest BCUT2D eigenvalue weighted by molar-refractivity contribution is 6.17. The van der Waals surface area contributed by atoms with Crippen LogP contribution in [-0.2, 0) is 5.88 Å². The Hall–Kier alpha value is -0.760. The van der Waals surface area contributed by atoms with E-state index in [9.17, 15) is 4.39 Å². The first kappa shape index (κ1) is 12.3. The molecule has 0 aliphatic carbocycles. The van der Waals surface area contributed by atoms with Crippen molar-refractivity contribution in [2.75, 3.05) is 18.5 Å². The van der Waals surface area contributed by atoms with Crippen molar-refractivity contribution in [1.82, 2.24) is 0 Å². The van der Waals surface area contributed by atoms with Gasteiger partial charge in [0.05, 0.1) is 5.88 Å². The molecule has 0 bridgehead atoms. The van der Waals surface area contributed by atoms with Crippen LogP contribution in [0, 0.1) is 11.7 Å². The van der Waals surface area contributed by atoms with Gasteiger partial charge in [-0.3, -0.25) is 0 Å². The van der Waals surface area contributed by atoms with E-state index >= 15 is 0 Å². The third-order valence-corrected chi connectivity index (χ3v) is 2.55. The largest absolute Gasteiger partial charge is 0.374 e. The first-order valence-electron chi connectivity index (χ1n) is 5.10. The van der Waals surface area contributed by atoms with Gasteiger partial charge in [0, 0.05) is 24.8 Å². The average molecular weight is 230 g/mol. The Morgan fingerprint density at radius 1 is 1.40 bits per heavy atom. The van der Waals surface area contributed by atoms with E-state index in [4.69, 9.17) is 11.6 Å². The second kappa shape index (κ2) is 5.36. The van der Waals surface area contributed by atoms with Gasteiger partial charge in [-0.15, -0.1) is 11.6 Å². The number of rotatable bonds is 4. The maximum atomic E-state index is 13.4. The van der Waals surface area contributed by atoms with E-state index < -0.39 is 0 Å². The van der Waals surface area contributed by atoms with Crippen LogP contribution in [0.2, 0.25) is 0 Å². The minimum absolute atomic E-state index is 0.213. The summed E-state index contributed by atoms with van der Waals surface area (Å²) in [5.41, 5.74) is 1.47. The van der Waals surface area contributed by atoms with E-state index in [2.05, 4.69) is 13.8 Å². The van der Waals surface area contributed by atoms with Gasteiger partial charge in [0.1, 0.15) is 5.82 Å². The summed E-state index contributed by atoms with van der Waals surface area (Å²) in [5, 5.41) is 0. The Bertz CT molecular complexity index is 325. The van der Waals surface area contributed by atoms with Crippen molar-refractivity contribution >= 4 is 17.3 Å². The molecule has 0 aliphatic heterocycles. The Balaban J connectivity index is 2.97. The smallest absolute Gasteiger partial charge is 0.129 e. The SMILES string of the molecule is CC(C)CN(C)c1cccc(F)c1CCl. The molecule has 1 nitrogen and oxygen atoms in total. The molecule has 0 spiro atoms. The quantitative estimate of drug-likeness (QED) is 0.713. The number of alkyl halides is 1. The van der Waals surface area contributed by atoms with Crippen molar-refractivity contribution in [3.05, 3.63) is 29.6 Å². The summed E-state index contributed by atoms with van der Waals surface area (Å²) in [6, 6.07) is 5.07. The summed E-state index contributed by atoms with van der Waals surface area (Å²) < 4.78 is 13.4. The molecule has 0 aliphatic rings. The van der Waals surface area contributed by atoms with Gasteiger partial charge in [-0.05, 0) is 18.1 Å². The molecule has 0 N–H and O–H groups in total. The Labute approximate surface area is 95.8 Å². The van der Waals surface area contributed by atoms with Crippen LogP contribution in [0.1, 0.15) is 19.4 Å². The molecule has 0 heterocycles. The maximum Gasteiger partial charge on any atom is 0.129 e. The van der Waals surface area contributed by atoms with Gasteiger partial charge < -0.3 is 4.90 Å². The fourth-order valence-electron chi connectivity index (χ4n) is 1.68. The van der Waals surface area contributed by atoms with Crippen molar-refractivity contribution < 1.29 is 4.39 Å². The molecule has 0 saturated heterocycles. The van der Waals surface area contributed by atoms with Gasteiger partial charge in [-0.2, -0.15) is 0 Å². The molecule has 1 rings (SSSR count). The fraction of sp³-hybridized carbons (Fsp3) is 0.500. The lowest BCUT2D eigenvalue weighted by molar-refractivity contribution is 0.609. The molecular formula is C12H17ClFN. The second-order valence-electron chi connectivity index (χ2n) is 4.15. The van der Waals surface area contributed by atoms with Crippen LogP contribution in [0.25, 0.3) is 0 Å². The summed E-state index contributed by atoms with van der Waals surface area (Å²) in [7, 11) is 1.96. The predicted octanol–water partition coefficient (Wildman–Crippen LogP) is 3.66. The Morgan fingerprint density at radius 3 is 2.60 bits per heavy atom. The zero-order valence-electron chi connectivity index (χ0n) is 9.43. The minimum atomic E-state index is -0.224. The highest BCUT2D eigenvalue weighted by Gasteiger charge is 2.11. The van der Waals surface area contributed by atoms with Crippen molar-refractivity contribution in [2.45, 2.75) is 19.7 Å². The fourth-order valence-corrected chi connectivity index (χ4v) is 1.95.